The number of carbonyl (C=O) groups is 1. The number of carboxylic acid groups (broad SMARTS) is 1. The molecule has 0 saturated heterocycles. The van der Waals surface area contributed by atoms with Crippen LogP contribution in [0.4, 0.5) is 13.2 Å². The molecule has 0 fully saturated rings. The van der Waals surface area contributed by atoms with E-state index in [9.17, 15) is 23.1 Å². The largest absolute Gasteiger partial charge is 0.573 e. The molecule has 0 saturated carbocycles. The number of hydrogen-bond acceptors (Lipinski definition) is 4. The number of benzene rings is 3. The molecule has 0 bridgehead atoms. The first kappa shape index (κ1) is 25.9. The molecular weight excluding hydrogens is 487 g/mol. The number of methoxy groups -OCH3 is 1. The van der Waals surface area contributed by atoms with Crippen molar-refractivity contribution < 1.29 is 37.3 Å². The summed E-state index contributed by atoms with van der Waals surface area (Å²) in [6, 6.07) is 18.7. The van der Waals surface area contributed by atoms with Gasteiger partial charge in [-0.2, -0.15) is 0 Å². The fourth-order valence-electron chi connectivity index (χ4n) is 4.39. The fourth-order valence-corrected chi connectivity index (χ4v) is 4.39. The van der Waals surface area contributed by atoms with Crippen molar-refractivity contribution in [1.29, 1.82) is 0 Å². The SMILES string of the molecule is CC[C@H](Oc1cccc(Cn2c(C)c(-c3ccc(OC)cc3)c3c(OC(F)(F)F)cccc32)c1)C(=O)O. The lowest BCUT2D eigenvalue weighted by Gasteiger charge is -2.15. The monoisotopic (exact) mass is 513 g/mol. The number of ether oxygens (including phenoxy) is 3. The number of fused-ring (bicyclic) bond motifs is 1. The second kappa shape index (κ2) is 10.5. The van der Waals surface area contributed by atoms with Crippen LogP contribution in [0.1, 0.15) is 24.6 Å². The molecule has 37 heavy (non-hydrogen) atoms. The molecule has 1 heterocycles. The molecule has 6 nitrogen and oxygen atoms in total. The third-order valence-corrected chi connectivity index (χ3v) is 6.08. The Kier molecular flexibility index (Phi) is 7.33. The van der Waals surface area contributed by atoms with Gasteiger partial charge in [-0.3, -0.25) is 0 Å². The predicted octanol–water partition coefficient (Wildman–Crippen LogP) is 6.81. The van der Waals surface area contributed by atoms with E-state index < -0.39 is 18.4 Å². The molecule has 0 unspecified atom stereocenters. The van der Waals surface area contributed by atoms with Crippen LogP contribution in [0.5, 0.6) is 17.2 Å². The van der Waals surface area contributed by atoms with Gasteiger partial charge in [-0.1, -0.05) is 37.3 Å². The van der Waals surface area contributed by atoms with Gasteiger partial charge in [0.1, 0.15) is 17.2 Å². The Bertz CT molecular complexity index is 1410. The Morgan fingerprint density at radius 2 is 1.73 bits per heavy atom. The number of aromatic nitrogens is 1. The summed E-state index contributed by atoms with van der Waals surface area (Å²) >= 11 is 0. The van der Waals surface area contributed by atoms with E-state index in [1.807, 2.05) is 17.6 Å². The number of hydrogen-bond donors (Lipinski definition) is 1. The van der Waals surface area contributed by atoms with Gasteiger partial charge in [0.05, 0.1) is 18.0 Å². The highest BCUT2D eigenvalue weighted by Crippen LogP contribution is 2.42. The zero-order chi connectivity index (χ0) is 26.7. The van der Waals surface area contributed by atoms with Gasteiger partial charge in [0.2, 0.25) is 0 Å². The van der Waals surface area contributed by atoms with Crippen molar-refractivity contribution in [3.8, 4) is 28.4 Å². The molecule has 194 valence electrons. The molecular formula is C28H26F3NO5. The summed E-state index contributed by atoms with van der Waals surface area (Å²) in [4.78, 5) is 11.4. The highest BCUT2D eigenvalue weighted by molar-refractivity contribution is 6.02. The highest BCUT2D eigenvalue weighted by atomic mass is 19.4. The molecule has 4 rings (SSSR count). The van der Waals surface area contributed by atoms with Crippen molar-refractivity contribution in [1.82, 2.24) is 4.57 Å². The van der Waals surface area contributed by atoms with Gasteiger partial charge in [0.15, 0.2) is 6.10 Å². The van der Waals surface area contributed by atoms with E-state index in [0.29, 0.717) is 46.5 Å². The van der Waals surface area contributed by atoms with Crippen LogP contribution < -0.4 is 14.2 Å². The van der Waals surface area contributed by atoms with Gasteiger partial charge in [-0.15, -0.1) is 13.2 Å². The molecule has 9 heteroatoms. The van der Waals surface area contributed by atoms with Crippen LogP contribution in [0.25, 0.3) is 22.0 Å². The van der Waals surface area contributed by atoms with E-state index in [1.54, 1.807) is 62.6 Å². The average molecular weight is 514 g/mol. The molecule has 0 aliphatic rings. The van der Waals surface area contributed by atoms with Crippen molar-refractivity contribution in [2.24, 2.45) is 0 Å². The lowest BCUT2D eigenvalue weighted by molar-refractivity contribution is -0.274. The Morgan fingerprint density at radius 1 is 1.03 bits per heavy atom. The second-order valence-corrected chi connectivity index (χ2v) is 8.47. The first-order chi connectivity index (χ1) is 17.6. The smallest absolute Gasteiger partial charge is 0.497 e. The standard InChI is InChI=1S/C28H26F3NO5/c1-4-23(27(33)34)36-21-8-5-7-18(15-21)16-32-17(2)25(19-11-13-20(35-3)14-12-19)26-22(32)9-6-10-24(26)37-28(29,30)31/h5-15,23H,4,16H2,1-3H3,(H,33,34)/t23-/m0/s1. The normalized spacial score (nSPS) is 12.4. The average Bonchev–Trinajstić information content (AvgIpc) is 3.14. The third-order valence-electron chi connectivity index (χ3n) is 6.08. The summed E-state index contributed by atoms with van der Waals surface area (Å²) in [5.41, 5.74) is 3.42. The van der Waals surface area contributed by atoms with Gasteiger partial charge in [-0.05, 0) is 60.9 Å². The molecule has 0 aliphatic carbocycles. The zero-order valence-electron chi connectivity index (χ0n) is 20.5. The van der Waals surface area contributed by atoms with E-state index in [1.165, 1.54) is 12.1 Å². The van der Waals surface area contributed by atoms with Crippen molar-refractivity contribution in [3.63, 3.8) is 0 Å². The summed E-state index contributed by atoms with van der Waals surface area (Å²) in [6.07, 6.45) is -5.53. The first-order valence-electron chi connectivity index (χ1n) is 11.6. The quantitative estimate of drug-likeness (QED) is 0.266. The number of alkyl halides is 3. The maximum atomic E-state index is 13.3. The van der Waals surface area contributed by atoms with Crippen molar-refractivity contribution in [2.45, 2.75) is 39.3 Å². The molecule has 3 aromatic carbocycles. The number of nitrogens with zero attached hydrogens (tertiary/aromatic N) is 1. The Balaban J connectivity index is 1.83. The van der Waals surface area contributed by atoms with Gasteiger partial charge < -0.3 is 23.9 Å². The summed E-state index contributed by atoms with van der Waals surface area (Å²) in [6.45, 7) is 3.88. The number of halogens is 3. The van der Waals surface area contributed by atoms with E-state index in [4.69, 9.17) is 9.47 Å². The van der Waals surface area contributed by atoms with E-state index in [2.05, 4.69) is 4.74 Å². The lowest BCUT2D eigenvalue weighted by atomic mass is 10.0. The van der Waals surface area contributed by atoms with Crippen LogP contribution in [0.2, 0.25) is 0 Å². The minimum absolute atomic E-state index is 0.290. The topological polar surface area (TPSA) is 69.9 Å². The van der Waals surface area contributed by atoms with Crippen LogP contribution >= 0.6 is 0 Å². The minimum atomic E-state index is -4.85. The Morgan fingerprint density at radius 3 is 2.35 bits per heavy atom. The van der Waals surface area contributed by atoms with Gasteiger partial charge in [-0.25, -0.2) is 4.79 Å². The van der Waals surface area contributed by atoms with Gasteiger partial charge >= 0.3 is 12.3 Å². The van der Waals surface area contributed by atoms with Crippen LogP contribution in [0.15, 0.2) is 66.7 Å². The van der Waals surface area contributed by atoms with Gasteiger partial charge in [0, 0.05) is 17.8 Å². The summed E-state index contributed by atoms with van der Waals surface area (Å²) in [5, 5.41) is 9.66. The maximum absolute atomic E-state index is 13.3. The molecule has 1 N–H and O–H groups in total. The maximum Gasteiger partial charge on any atom is 0.573 e. The molecule has 0 amide bonds. The second-order valence-electron chi connectivity index (χ2n) is 8.47. The van der Waals surface area contributed by atoms with Crippen LogP contribution in [0.3, 0.4) is 0 Å². The predicted molar refractivity (Wildman–Crippen MR) is 133 cm³/mol. The van der Waals surface area contributed by atoms with Crippen molar-refractivity contribution in [3.05, 3.63) is 78.0 Å². The minimum Gasteiger partial charge on any atom is -0.497 e. The van der Waals surface area contributed by atoms with Crippen LogP contribution in [-0.4, -0.2) is 35.2 Å². The van der Waals surface area contributed by atoms with Crippen LogP contribution in [0, 0.1) is 6.92 Å². The van der Waals surface area contributed by atoms with Crippen molar-refractivity contribution in [2.75, 3.05) is 7.11 Å². The zero-order valence-corrected chi connectivity index (χ0v) is 20.5. The Hall–Kier alpha value is -4.14. The number of carboxylic acids is 1. The molecule has 0 radical (unpaired) electrons. The van der Waals surface area contributed by atoms with Gasteiger partial charge in [0.25, 0.3) is 0 Å². The summed E-state index contributed by atoms with van der Waals surface area (Å²) in [5.74, 6) is -0.318. The number of rotatable bonds is 9. The molecule has 1 atom stereocenters. The summed E-state index contributed by atoms with van der Waals surface area (Å²) < 4.78 is 57.1. The first-order valence-corrected chi connectivity index (χ1v) is 11.6. The number of aliphatic carboxylic acids is 1. The molecule has 4 aromatic rings. The van der Waals surface area contributed by atoms with E-state index in [-0.39, 0.29) is 5.75 Å². The molecule has 0 spiro atoms. The molecule has 0 aliphatic heterocycles. The summed E-state index contributed by atoms with van der Waals surface area (Å²) in [7, 11) is 1.54. The Labute approximate surface area is 211 Å². The van der Waals surface area contributed by atoms with E-state index >= 15 is 0 Å². The fraction of sp³-hybridized carbons (Fsp3) is 0.250. The lowest BCUT2D eigenvalue weighted by Crippen LogP contribution is -2.25. The third kappa shape index (κ3) is 5.66. The van der Waals surface area contributed by atoms with Crippen LogP contribution in [-0.2, 0) is 11.3 Å². The highest BCUT2D eigenvalue weighted by Gasteiger charge is 2.33. The molecule has 1 aromatic heterocycles. The van der Waals surface area contributed by atoms with Crippen molar-refractivity contribution >= 4 is 16.9 Å². The van der Waals surface area contributed by atoms with E-state index in [0.717, 1.165) is 11.3 Å².